The predicted octanol–water partition coefficient (Wildman–Crippen LogP) is 4.38. The van der Waals surface area contributed by atoms with Gasteiger partial charge in [0.25, 0.3) is 11.6 Å². The number of fused-ring (bicyclic) bond motifs is 1. The number of rotatable bonds is 3. The average molecular weight is 467 g/mol. The molecular weight excluding hydrogens is 440 g/mol. The first-order valence-corrected chi connectivity index (χ1v) is 11.2. The van der Waals surface area contributed by atoms with Gasteiger partial charge in [-0.25, -0.2) is 9.79 Å². The van der Waals surface area contributed by atoms with Crippen LogP contribution in [-0.2, 0) is 14.3 Å². The van der Waals surface area contributed by atoms with Crippen LogP contribution in [0.25, 0.3) is 0 Å². The van der Waals surface area contributed by atoms with Crippen molar-refractivity contribution in [2.45, 2.75) is 39.0 Å². The number of hydrogen-bond donors (Lipinski definition) is 1. The number of nitrogens with zero attached hydrogens (tertiary/aromatic N) is 3. The van der Waals surface area contributed by atoms with Crippen molar-refractivity contribution in [1.82, 2.24) is 0 Å². The van der Waals surface area contributed by atoms with Gasteiger partial charge >= 0.3 is 5.97 Å². The van der Waals surface area contributed by atoms with E-state index in [0.29, 0.717) is 39.3 Å². The summed E-state index contributed by atoms with van der Waals surface area (Å²) in [5.74, 6) is -1.74. The molecule has 0 bridgehead atoms. The van der Waals surface area contributed by atoms with Crippen molar-refractivity contribution in [3.05, 3.63) is 95.1 Å². The van der Waals surface area contributed by atoms with Crippen LogP contribution in [0.4, 0.5) is 11.4 Å². The maximum absolute atomic E-state index is 14.2. The van der Waals surface area contributed by atoms with E-state index >= 15 is 0 Å². The molecule has 1 heterocycles. The summed E-state index contributed by atoms with van der Waals surface area (Å²) in [6.07, 6.45) is 0. The van der Waals surface area contributed by atoms with Crippen LogP contribution in [0.2, 0.25) is 0 Å². The minimum atomic E-state index is -2.37. The zero-order chi connectivity index (χ0) is 25.4. The number of nitriles is 1. The Morgan fingerprint density at radius 3 is 2.29 bits per heavy atom. The number of ether oxygens (including phenoxy) is 1. The number of anilines is 2. The van der Waals surface area contributed by atoms with Gasteiger partial charge in [0.1, 0.15) is 5.60 Å². The molecule has 0 saturated heterocycles. The number of benzodiazepines with no additional fused rings is 1. The van der Waals surface area contributed by atoms with Gasteiger partial charge in [-0.05, 0) is 51.5 Å². The van der Waals surface area contributed by atoms with E-state index in [2.05, 4.69) is 11.1 Å². The van der Waals surface area contributed by atoms with Crippen LogP contribution in [-0.4, -0.2) is 28.9 Å². The fraction of sp³-hybridized carbons (Fsp3) is 0.214. The van der Waals surface area contributed by atoms with Crippen LogP contribution in [0.15, 0.2) is 77.8 Å². The molecule has 0 fully saturated rings. The lowest BCUT2D eigenvalue weighted by molar-refractivity contribution is -0.163. The van der Waals surface area contributed by atoms with Crippen molar-refractivity contribution >= 4 is 29.0 Å². The van der Waals surface area contributed by atoms with Gasteiger partial charge in [-0.2, -0.15) is 5.26 Å². The monoisotopic (exact) mass is 466 g/mol. The molecule has 176 valence electrons. The Labute approximate surface area is 204 Å². The molecule has 1 aliphatic heterocycles. The van der Waals surface area contributed by atoms with Gasteiger partial charge in [-0.1, -0.05) is 54.6 Å². The fourth-order valence-corrected chi connectivity index (χ4v) is 3.96. The lowest BCUT2D eigenvalue weighted by Gasteiger charge is -2.32. The van der Waals surface area contributed by atoms with E-state index in [-0.39, 0.29) is 0 Å². The van der Waals surface area contributed by atoms with Gasteiger partial charge in [-0.3, -0.25) is 15.4 Å². The summed E-state index contributed by atoms with van der Waals surface area (Å²) in [5.41, 5.74) is 6.93. The number of carbonyl (C=O) groups excluding carboxylic acids is 2. The highest BCUT2D eigenvalue weighted by atomic mass is 16.6. The SMILES string of the molecule is Cc1c(C#N)cccc1N1C(=O)C(N)(C(=O)OC(C)(C)C)N=C(c2ccccc2)c2ccccc21. The highest BCUT2D eigenvalue weighted by Gasteiger charge is 2.51. The summed E-state index contributed by atoms with van der Waals surface area (Å²) < 4.78 is 5.58. The molecular formula is C28H26N4O3. The van der Waals surface area contributed by atoms with Crippen molar-refractivity contribution < 1.29 is 14.3 Å². The topological polar surface area (TPSA) is 109 Å². The molecule has 0 aromatic heterocycles. The van der Waals surface area contributed by atoms with E-state index < -0.39 is 23.1 Å². The Bertz CT molecular complexity index is 1380. The molecule has 0 spiro atoms. The van der Waals surface area contributed by atoms with Crippen molar-refractivity contribution in [2.75, 3.05) is 4.90 Å². The van der Waals surface area contributed by atoms with Crippen LogP contribution >= 0.6 is 0 Å². The molecule has 0 aliphatic carbocycles. The minimum Gasteiger partial charge on any atom is -0.457 e. The van der Waals surface area contributed by atoms with E-state index in [4.69, 9.17) is 10.5 Å². The van der Waals surface area contributed by atoms with E-state index in [1.807, 2.05) is 42.5 Å². The van der Waals surface area contributed by atoms with Crippen LogP contribution in [0.1, 0.15) is 43.0 Å². The lowest BCUT2D eigenvalue weighted by atomic mass is 9.99. The van der Waals surface area contributed by atoms with Gasteiger partial charge < -0.3 is 4.74 Å². The average Bonchev–Trinajstić information content (AvgIpc) is 2.92. The minimum absolute atomic E-state index is 0.388. The smallest absolute Gasteiger partial charge is 0.359 e. The maximum Gasteiger partial charge on any atom is 0.359 e. The maximum atomic E-state index is 14.2. The van der Waals surface area contributed by atoms with Crippen LogP contribution < -0.4 is 10.6 Å². The molecule has 1 aliphatic rings. The number of amides is 1. The summed E-state index contributed by atoms with van der Waals surface area (Å²) in [6.45, 7) is 6.85. The Kier molecular flexibility index (Phi) is 6.01. The highest BCUT2D eigenvalue weighted by molar-refractivity contribution is 6.26. The normalized spacial score (nSPS) is 17.7. The standard InChI is InChI=1S/C28H26N4O3/c1-18-20(17-29)13-10-16-22(18)32-23-15-9-8-14-21(23)24(19-11-6-5-7-12-19)31-28(30,25(32)33)26(34)35-27(2,3)4/h5-16H,30H2,1-4H3. The first-order chi connectivity index (χ1) is 16.6. The van der Waals surface area contributed by atoms with Gasteiger partial charge in [-0.15, -0.1) is 0 Å². The number of para-hydroxylation sites is 1. The van der Waals surface area contributed by atoms with E-state index in [1.165, 1.54) is 4.90 Å². The molecule has 1 atom stereocenters. The highest BCUT2D eigenvalue weighted by Crippen LogP contribution is 2.38. The molecule has 3 aromatic carbocycles. The number of hydrogen-bond acceptors (Lipinski definition) is 6. The van der Waals surface area contributed by atoms with Crippen LogP contribution in [0.3, 0.4) is 0 Å². The Morgan fingerprint density at radius 2 is 1.63 bits per heavy atom. The van der Waals surface area contributed by atoms with Gasteiger partial charge in [0.05, 0.1) is 28.7 Å². The third kappa shape index (κ3) is 4.32. The number of carbonyl (C=O) groups is 2. The quantitative estimate of drug-likeness (QED) is 0.455. The Morgan fingerprint density at radius 1 is 1.00 bits per heavy atom. The molecule has 0 radical (unpaired) electrons. The molecule has 7 nitrogen and oxygen atoms in total. The number of esters is 1. The van der Waals surface area contributed by atoms with Gasteiger partial charge in [0, 0.05) is 11.1 Å². The summed E-state index contributed by atoms with van der Waals surface area (Å²) >= 11 is 0. The molecule has 35 heavy (non-hydrogen) atoms. The van der Waals surface area contributed by atoms with Gasteiger partial charge in [0.2, 0.25) is 0 Å². The number of aliphatic imine (C=N–C) groups is 1. The molecule has 7 heteroatoms. The number of benzene rings is 3. The second kappa shape index (κ2) is 8.82. The molecule has 2 N–H and O–H groups in total. The zero-order valence-electron chi connectivity index (χ0n) is 20.1. The summed E-state index contributed by atoms with van der Waals surface area (Å²) in [6, 6.07) is 23.7. The molecule has 1 amide bonds. The van der Waals surface area contributed by atoms with Crippen molar-refractivity contribution in [2.24, 2.45) is 10.7 Å². The first kappa shape index (κ1) is 23.9. The Hall–Kier alpha value is -4.28. The molecule has 0 saturated carbocycles. The lowest BCUT2D eigenvalue weighted by Crippen LogP contribution is -2.60. The van der Waals surface area contributed by atoms with Crippen molar-refractivity contribution in [1.29, 1.82) is 5.26 Å². The largest absolute Gasteiger partial charge is 0.457 e. The second-order valence-electron chi connectivity index (χ2n) is 9.31. The first-order valence-electron chi connectivity index (χ1n) is 11.2. The van der Waals surface area contributed by atoms with Crippen LogP contribution in [0.5, 0.6) is 0 Å². The third-order valence-electron chi connectivity index (χ3n) is 5.64. The second-order valence-corrected chi connectivity index (χ2v) is 9.31. The Balaban J connectivity index is 2.06. The fourth-order valence-electron chi connectivity index (χ4n) is 3.96. The number of nitrogens with two attached hydrogens (primary N) is 1. The zero-order valence-corrected chi connectivity index (χ0v) is 20.1. The summed E-state index contributed by atoms with van der Waals surface area (Å²) in [4.78, 5) is 33.6. The molecule has 1 unspecified atom stereocenters. The molecule has 4 rings (SSSR count). The summed E-state index contributed by atoms with van der Waals surface area (Å²) in [7, 11) is 0. The predicted molar refractivity (Wildman–Crippen MR) is 134 cm³/mol. The van der Waals surface area contributed by atoms with Crippen LogP contribution in [0, 0.1) is 18.3 Å². The van der Waals surface area contributed by atoms with E-state index in [9.17, 15) is 14.9 Å². The molecule has 3 aromatic rings. The third-order valence-corrected chi connectivity index (χ3v) is 5.64. The van der Waals surface area contributed by atoms with Crippen molar-refractivity contribution in [3.63, 3.8) is 0 Å². The summed E-state index contributed by atoms with van der Waals surface area (Å²) in [5, 5.41) is 9.59. The van der Waals surface area contributed by atoms with Crippen molar-refractivity contribution in [3.8, 4) is 6.07 Å². The van der Waals surface area contributed by atoms with Gasteiger partial charge in [0.15, 0.2) is 0 Å². The van der Waals surface area contributed by atoms with E-state index in [0.717, 1.165) is 0 Å². The van der Waals surface area contributed by atoms with E-state index in [1.54, 1.807) is 58.0 Å².